The highest BCUT2D eigenvalue weighted by Crippen LogP contribution is 2.43. The fourth-order valence-electron chi connectivity index (χ4n) is 4.49. The van der Waals surface area contributed by atoms with Crippen LogP contribution < -0.4 is 10.2 Å². The Kier molecular flexibility index (Phi) is 5.62. The summed E-state index contributed by atoms with van der Waals surface area (Å²) in [5.41, 5.74) is 1.33. The number of ether oxygens (including phenoxy) is 1. The van der Waals surface area contributed by atoms with E-state index in [0.29, 0.717) is 5.69 Å². The Morgan fingerprint density at radius 1 is 1.14 bits per heavy atom. The topological polar surface area (TPSA) is 75.7 Å². The van der Waals surface area contributed by atoms with Crippen molar-refractivity contribution in [2.45, 2.75) is 64.5 Å². The van der Waals surface area contributed by atoms with Gasteiger partial charge >= 0.3 is 5.97 Å². The van der Waals surface area contributed by atoms with Crippen molar-refractivity contribution in [2.24, 2.45) is 11.8 Å². The van der Waals surface area contributed by atoms with Crippen molar-refractivity contribution in [1.29, 1.82) is 0 Å². The molecule has 0 aliphatic carbocycles. The van der Waals surface area contributed by atoms with E-state index in [1.165, 1.54) is 12.0 Å². The first-order chi connectivity index (χ1) is 13.2. The Labute approximate surface area is 166 Å². The minimum atomic E-state index is -0.778. The average molecular weight is 386 g/mol. The number of fused-ring (bicyclic) bond motifs is 1. The molecule has 2 amide bonds. The molecule has 0 saturated carbocycles. The van der Waals surface area contributed by atoms with Crippen molar-refractivity contribution in [3.8, 4) is 0 Å². The number of amides is 2. The molecule has 2 aliphatic rings. The van der Waals surface area contributed by atoms with Gasteiger partial charge in [0.05, 0.1) is 24.6 Å². The third-order valence-electron chi connectivity index (χ3n) is 5.86. The molecule has 0 bridgehead atoms. The Balaban J connectivity index is 2.03. The van der Waals surface area contributed by atoms with Gasteiger partial charge in [0.25, 0.3) is 0 Å². The lowest BCUT2D eigenvalue weighted by atomic mass is 9.85. The van der Waals surface area contributed by atoms with E-state index in [0.717, 1.165) is 24.8 Å². The van der Waals surface area contributed by atoms with Crippen LogP contribution in [0.2, 0.25) is 0 Å². The van der Waals surface area contributed by atoms with Crippen molar-refractivity contribution in [1.82, 2.24) is 5.32 Å². The third kappa shape index (κ3) is 3.34. The average Bonchev–Trinajstić information content (AvgIpc) is 3.15. The first-order valence-electron chi connectivity index (χ1n) is 10.0. The van der Waals surface area contributed by atoms with Gasteiger partial charge in [-0.25, -0.2) is 4.90 Å². The van der Waals surface area contributed by atoms with Gasteiger partial charge < -0.3 is 10.1 Å². The number of unbranched alkanes of at least 4 members (excludes halogenated alkanes) is 1. The zero-order valence-corrected chi connectivity index (χ0v) is 17.3. The molecule has 152 valence electrons. The number of rotatable bonds is 5. The minimum absolute atomic E-state index is 0.197. The standard InChI is InChI=1S/C22H30N2O4/c1-6-7-11-14-16-17(18(23-14)21(27)28-5)20(26)24(19(16)25)15-12-9-8-10-13(15)22(2,3)4/h8-10,12,14,16-18,23H,6-7,11H2,1-5H3/t14-,16+,17+,18-/m1/s1. The maximum Gasteiger partial charge on any atom is 0.323 e. The van der Waals surface area contributed by atoms with E-state index in [1.807, 2.05) is 24.3 Å². The van der Waals surface area contributed by atoms with Crippen LogP contribution in [0.15, 0.2) is 24.3 Å². The Morgan fingerprint density at radius 2 is 1.79 bits per heavy atom. The number of anilines is 1. The van der Waals surface area contributed by atoms with E-state index in [2.05, 4.69) is 33.0 Å². The van der Waals surface area contributed by atoms with Crippen molar-refractivity contribution in [2.75, 3.05) is 12.0 Å². The van der Waals surface area contributed by atoms with Gasteiger partial charge in [0, 0.05) is 6.04 Å². The van der Waals surface area contributed by atoms with Crippen molar-refractivity contribution >= 4 is 23.5 Å². The molecule has 2 heterocycles. The SMILES string of the molecule is CCCC[C@H]1N[C@@H](C(=O)OC)[C@H]2C(=O)N(c3ccccc3C(C)(C)C)C(=O)[C@H]21. The summed E-state index contributed by atoms with van der Waals surface area (Å²) in [5, 5.41) is 3.21. The van der Waals surface area contributed by atoms with Crippen LogP contribution in [-0.2, 0) is 24.5 Å². The molecular formula is C22H30N2O4. The van der Waals surface area contributed by atoms with Crippen LogP contribution in [0.1, 0.15) is 52.5 Å². The highest BCUT2D eigenvalue weighted by molar-refractivity contribution is 6.24. The van der Waals surface area contributed by atoms with Crippen LogP contribution in [0, 0.1) is 11.8 Å². The molecule has 1 aromatic rings. The number of nitrogens with one attached hydrogen (secondary N) is 1. The van der Waals surface area contributed by atoms with E-state index < -0.39 is 23.8 Å². The number of hydrogen-bond donors (Lipinski definition) is 1. The number of hydrogen-bond acceptors (Lipinski definition) is 5. The predicted octanol–water partition coefficient (Wildman–Crippen LogP) is 2.79. The summed E-state index contributed by atoms with van der Waals surface area (Å²) in [4.78, 5) is 40.4. The first kappa shape index (κ1) is 20.5. The lowest BCUT2D eigenvalue weighted by molar-refractivity contribution is -0.145. The molecule has 3 rings (SSSR count). The lowest BCUT2D eigenvalue weighted by Crippen LogP contribution is -2.46. The number of benzene rings is 1. The molecular weight excluding hydrogens is 356 g/mol. The monoisotopic (exact) mass is 386 g/mol. The van der Waals surface area contributed by atoms with Gasteiger partial charge in [0.15, 0.2) is 0 Å². The Hall–Kier alpha value is -2.21. The number of para-hydroxylation sites is 1. The van der Waals surface area contributed by atoms with Gasteiger partial charge in [0.2, 0.25) is 11.8 Å². The summed E-state index contributed by atoms with van der Waals surface area (Å²) in [5.74, 6) is -2.26. The number of imide groups is 1. The largest absolute Gasteiger partial charge is 0.468 e. The van der Waals surface area contributed by atoms with E-state index in [-0.39, 0.29) is 23.3 Å². The summed E-state index contributed by atoms with van der Waals surface area (Å²) in [6.45, 7) is 8.25. The van der Waals surface area contributed by atoms with Crippen LogP contribution in [0.4, 0.5) is 5.69 Å². The summed E-state index contributed by atoms with van der Waals surface area (Å²) >= 11 is 0. The minimum Gasteiger partial charge on any atom is -0.468 e. The molecule has 0 unspecified atom stereocenters. The molecule has 4 atom stereocenters. The van der Waals surface area contributed by atoms with Gasteiger partial charge in [-0.2, -0.15) is 0 Å². The molecule has 2 aliphatic heterocycles. The second-order valence-corrected chi connectivity index (χ2v) is 8.75. The summed E-state index contributed by atoms with van der Waals surface area (Å²) < 4.78 is 4.91. The van der Waals surface area contributed by atoms with E-state index >= 15 is 0 Å². The highest BCUT2D eigenvalue weighted by Gasteiger charge is 2.61. The molecule has 1 aromatic carbocycles. The summed E-state index contributed by atoms with van der Waals surface area (Å²) in [7, 11) is 1.31. The summed E-state index contributed by atoms with van der Waals surface area (Å²) in [6, 6.07) is 6.55. The van der Waals surface area contributed by atoms with Crippen LogP contribution in [0.5, 0.6) is 0 Å². The molecule has 1 N–H and O–H groups in total. The fraction of sp³-hybridized carbons (Fsp3) is 0.591. The normalized spacial score (nSPS) is 27.2. The maximum absolute atomic E-state index is 13.4. The Morgan fingerprint density at radius 3 is 2.39 bits per heavy atom. The van der Waals surface area contributed by atoms with Crippen molar-refractivity contribution in [3.63, 3.8) is 0 Å². The van der Waals surface area contributed by atoms with Crippen LogP contribution >= 0.6 is 0 Å². The quantitative estimate of drug-likeness (QED) is 0.622. The zero-order chi connectivity index (χ0) is 20.6. The molecule has 0 radical (unpaired) electrons. The first-order valence-corrected chi connectivity index (χ1v) is 10.0. The van der Waals surface area contributed by atoms with E-state index in [1.54, 1.807) is 0 Å². The fourth-order valence-corrected chi connectivity index (χ4v) is 4.49. The van der Waals surface area contributed by atoms with Crippen molar-refractivity contribution in [3.05, 3.63) is 29.8 Å². The molecule has 6 heteroatoms. The number of carbonyl (C=O) groups is 3. The van der Waals surface area contributed by atoms with E-state index in [4.69, 9.17) is 4.74 Å². The van der Waals surface area contributed by atoms with Crippen LogP contribution in [0.3, 0.4) is 0 Å². The second-order valence-electron chi connectivity index (χ2n) is 8.75. The van der Waals surface area contributed by atoms with E-state index in [9.17, 15) is 14.4 Å². The van der Waals surface area contributed by atoms with Crippen LogP contribution in [0.25, 0.3) is 0 Å². The zero-order valence-electron chi connectivity index (χ0n) is 17.3. The predicted molar refractivity (Wildman–Crippen MR) is 107 cm³/mol. The molecule has 2 fully saturated rings. The summed E-state index contributed by atoms with van der Waals surface area (Å²) in [6.07, 6.45) is 2.66. The van der Waals surface area contributed by atoms with Gasteiger partial charge in [0.1, 0.15) is 6.04 Å². The second kappa shape index (κ2) is 7.66. The Bertz CT molecular complexity index is 783. The lowest BCUT2D eigenvalue weighted by Gasteiger charge is -2.28. The molecule has 0 aromatic heterocycles. The highest BCUT2D eigenvalue weighted by atomic mass is 16.5. The molecule has 6 nitrogen and oxygen atoms in total. The van der Waals surface area contributed by atoms with Crippen LogP contribution in [-0.4, -0.2) is 37.0 Å². The van der Waals surface area contributed by atoms with Gasteiger partial charge in [-0.3, -0.25) is 14.4 Å². The number of nitrogens with zero attached hydrogens (tertiary/aromatic N) is 1. The van der Waals surface area contributed by atoms with Gasteiger partial charge in [-0.1, -0.05) is 58.7 Å². The van der Waals surface area contributed by atoms with Gasteiger partial charge in [-0.15, -0.1) is 0 Å². The number of carbonyl (C=O) groups excluding carboxylic acids is 3. The van der Waals surface area contributed by atoms with Gasteiger partial charge in [-0.05, 0) is 23.5 Å². The van der Waals surface area contributed by atoms with Crippen molar-refractivity contribution < 1.29 is 19.1 Å². The maximum atomic E-state index is 13.4. The molecule has 2 saturated heterocycles. The molecule has 0 spiro atoms. The third-order valence-corrected chi connectivity index (χ3v) is 5.86. The number of methoxy groups -OCH3 is 1. The number of esters is 1. The smallest absolute Gasteiger partial charge is 0.323 e. The molecule has 28 heavy (non-hydrogen) atoms.